The van der Waals surface area contributed by atoms with Crippen molar-refractivity contribution in [2.75, 3.05) is 31.1 Å². The Morgan fingerprint density at radius 3 is 3.08 bits per heavy atom. The maximum absolute atomic E-state index is 12.6. The molecule has 26 heavy (non-hydrogen) atoms. The lowest BCUT2D eigenvalue weighted by Gasteiger charge is -2.17. The molecule has 2 aliphatic rings. The summed E-state index contributed by atoms with van der Waals surface area (Å²) in [6, 6.07) is 8.03. The Morgan fingerprint density at radius 1 is 1.38 bits per heavy atom. The third-order valence-corrected chi connectivity index (χ3v) is 5.16. The van der Waals surface area contributed by atoms with Gasteiger partial charge < -0.3 is 15.0 Å². The first-order chi connectivity index (χ1) is 12.7. The van der Waals surface area contributed by atoms with Crippen LogP contribution in [0.15, 0.2) is 36.4 Å². The Bertz CT molecular complexity index is 663. The van der Waals surface area contributed by atoms with Crippen LogP contribution in [-0.2, 0) is 20.7 Å². The first-order valence-corrected chi connectivity index (χ1v) is 9.61. The molecule has 2 aliphatic heterocycles. The normalized spacial score (nSPS) is 21.4. The molecule has 1 aromatic rings. The third-order valence-electron chi connectivity index (χ3n) is 5.16. The number of hydrogen-bond acceptors (Lipinski definition) is 4. The summed E-state index contributed by atoms with van der Waals surface area (Å²) < 4.78 is 5.64. The fraction of sp³-hybridized carbons (Fsp3) is 0.524. The molecule has 1 N–H and O–H groups in total. The zero-order valence-corrected chi connectivity index (χ0v) is 15.4. The van der Waals surface area contributed by atoms with Gasteiger partial charge in [0.2, 0.25) is 0 Å². The number of allylic oxidation sites excluding steroid dienone is 1. The van der Waals surface area contributed by atoms with E-state index in [1.165, 1.54) is 5.56 Å². The highest BCUT2D eigenvalue weighted by molar-refractivity contribution is 6.02. The van der Waals surface area contributed by atoms with Crippen molar-refractivity contribution in [2.45, 2.75) is 38.7 Å². The fourth-order valence-electron chi connectivity index (χ4n) is 3.54. The minimum Gasteiger partial charge on any atom is -0.369 e. The molecule has 2 heterocycles. The van der Waals surface area contributed by atoms with Gasteiger partial charge in [0.1, 0.15) is 6.10 Å². The number of ketones is 1. The first-order valence-electron chi connectivity index (χ1n) is 9.61. The van der Waals surface area contributed by atoms with Gasteiger partial charge in [-0.15, -0.1) is 0 Å². The van der Waals surface area contributed by atoms with Crippen molar-refractivity contribution in [3.8, 4) is 0 Å². The lowest BCUT2D eigenvalue weighted by Crippen LogP contribution is -2.34. The van der Waals surface area contributed by atoms with Gasteiger partial charge in [-0.1, -0.05) is 31.2 Å². The standard InChI is InChI=1S/C21H28N2O3/c1-2-16(14-19(24)20-15-22-11-5-13-26-20)8-9-21(25)23-12-10-17-6-3-4-7-18(17)23/h3-4,6-9,16,20,22H,2,5,10-15H2,1H3/b9-8+/t16-,20-/m0/s1. The summed E-state index contributed by atoms with van der Waals surface area (Å²) in [4.78, 5) is 26.9. The molecule has 0 bridgehead atoms. The number of rotatable bonds is 6. The SMILES string of the molecule is CC[C@@H](/C=C/C(=O)N1CCc2ccccc21)CC(=O)[C@@H]1CNCCCO1. The smallest absolute Gasteiger partial charge is 0.250 e. The van der Waals surface area contributed by atoms with Gasteiger partial charge in [0.05, 0.1) is 0 Å². The molecule has 3 rings (SSSR count). The summed E-state index contributed by atoms with van der Waals surface area (Å²) in [7, 11) is 0. The molecule has 1 amide bonds. The monoisotopic (exact) mass is 356 g/mol. The van der Waals surface area contributed by atoms with Crippen LogP contribution < -0.4 is 10.2 Å². The molecule has 1 fully saturated rings. The highest BCUT2D eigenvalue weighted by Crippen LogP contribution is 2.27. The topological polar surface area (TPSA) is 58.6 Å². The summed E-state index contributed by atoms with van der Waals surface area (Å²) in [5, 5.41) is 3.24. The first kappa shape index (κ1) is 18.8. The molecule has 1 aromatic carbocycles. The Balaban J connectivity index is 1.57. The summed E-state index contributed by atoms with van der Waals surface area (Å²) in [6.07, 6.45) is 6.25. The number of benzene rings is 1. The maximum Gasteiger partial charge on any atom is 0.250 e. The van der Waals surface area contributed by atoms with E-state index in [4.69, 9.17) is 4.74 Å². The van der Waals surface area contributed by atoms with E-state index in [0.717, 1.165) is 38.0 Å². The fourth-order valence-corrected chi connectivity index (χ4v) is 3.54. The van der Waals surface area contributed by atoms with Crippen LogP contribution in [0.25, 0.3) is 0 Å². The summed E-state index contributed by atoms with van der Waals surface area (Å²) in [5.41, 5.74) is 2.22. The molecular weight excluding hydrogens is 328 g/mol. The number of hydrogen-bond donors (Lipinski definition) is 1. The number of Topliss-reactive ketones (excluding diaryl/α,β-unsaturated/α-hetero) is 1. The van der Waals surface area contributed by atoms with Crippen LogP contribution in [0.2, 0.25) is 0 Å². The molecule has 0 radical (unpaired) electrons. The number of nitrogens with one attached hydrogen (secondary N) is 1. The number of amides is 1. The molecule has 0 aliphatic carbocycles. The van der Waals surface area contributed by atoms with Crippen molar-refractivity contribution < 1.29 is 14.3 Å². The van der Waals surface area contributed by atoms with Crippen LogP contribution in [0.5, 0.6) is 0 Å². The second-order valence-electron chi connectivity index (χ2n) is 6.98. The second-order valence-corrected chi connectivity index (χ2v) is 6.98. The van der Waals surface area contributed by atoms with E-state index in [2.05, 4.69) is 11.4 Å². The van der Waals surface area contributed by atoms with E-state index in [9.17, 15) is 9.59 Å². The molecule has 0 unspecified atom stereocenters. The second kappa shape index (κ2) is 9.10. The van der Waals surface area contributed by atoms with Crippen molar-refractivity contribution in [3.63, 3.8) is 0 Å². The van der Waals surface area contributed by atoms with Crippen molar-refractivity contribution in [2.24, 2.45) is 5.92 Å². The minimum absolute atomic E-state index is 0.00627. The number of carbonyl (C=O) groups excluding carboxylic acids is 2. The zero-order chi connectivity index (χ0) is 18.4. The van der Waals surface area contributed by atoms with Gasteiger partial charge in [-0.3, -0.25) is 9.59 Å². The van der Waals surface area contributed by atoms with Crippen LogP contribution in [0.3, 0.4) is 0 Å². The van der Waals surface area contributed by atoms with E-state index >= 15 is 0 Å². The molecule has 0 spiro atoms. The van der Waals surface area contributed by atoms with Gasteiger partial charge in [-0.05, 0) is 49.4 Å². The van der Waals surface area contributed by atoms with E-state index in [-0.39, 0.29) is 23.7 Å². The molecule has 2 atom stereocenters. The van der Waals surface area contributed by atoms with Crippen molar-refractivity contribution in [1.82, 2.24) is 5.32 Å². The number of para-hydroxylation sites is 1. The Kier molecular flexibility index (Phi) is 6.58. The van der Waals surface area contributed by atoms with Crippen LogP contribution in [0.4, 0.5) is 5.69 Å². The van der Waals surface area contributed by atoms with E-state index in [0.29, 0.717) is 19.6 Å². The number of nitrogens with zero attached hydrogens (tertiary/aromatic N) is 1. The average molecular weight is 356 g/mol. The van der Waals surface area contributed by atoms with Crippen LogP contribution in [0.1, 0.15) is 31.7 Å². The largest absolute Gasteiger partial charge is 0.369 e. The predicted octanol–water partition coefficient (Wildman–Crippen LogP) is 2.50. The van der Waals surface area contributed by atoms with Crippen molar-refractivity contribution in [1.29, 1.82) is 0 Å². The predicted molar refractivity (Wildman–Crippen MR) is 102 cm³/mol. The zero-order valence-electron chi connectivity index (χ0n) is 15.4. The van der Waals surface area contributed by atoms with Gasteiger partial charge >= 0.3 is 0 Å². The summed E-state index contributed by atoms with van der Waals surface area (Å²) in [5.74, 6) is 0.180. The maximum atomic E-state index is 12.6. The van der Waals surface area contributed by atoms with Gasteiger partial charge in [0.25, 0.3) is 5.91 Å². The van der Waals surface area contributed by atoms with Crippen LogP contribution in [-0.4, -0.2) is 44.0 Å². The van der Waals surface area contributed by atoms with Gasteiger partial charge in [0, 0.05) is 31.8 Å². The van der Waals surface area contributed by atoms with Crippen molar-refractivity contribution in [3.05, 3.63) is 42.0 Å². The molecule has 0 saturated carbocycles. The average Bonchev–Trinajstić information content (AvgIpc) is 2.90. The number of anilines is 1. The van der Waals surface area contributed by atoms with Gasteiger partial charge in [-0.2, -0.15) is 0 Å². The van der Waals surface area contributed by atoms with Crippen LogP contribution in [0, 0.1) is 5.92 Å². The quantitative estimate of drug-likeness (QED) is 0.796. The third kappa shape index (κ3) is 4.59. The van der Waals surface area contributed by atoms with E-state index in [1.54, 1.807) is 6.08 Å². The highest BCUT2D eigenvalue weighted by Gasteiger charge is 2.24. The lowest BCUT2D eigenvalue weighted by atomic mass is 9.96. The molecule has 140 valence electrons. The Morgan fingerprint density at radius 2 is 2.23 bits per heavy atom. The minimum atomic E-state index is -0.360. The van der Waals surface area contributed by atoms with E-state index in [1.807, 2.05) is 36.1 Å². The molecule has 0 aromatic heterocycles. The van der Waals surface area contributed by atoms with Gasteiger partial charge in [-0.25, -0.2) is 0 Å². The molecule has 1 saturated heterocycles. The Labute approximate surface area is 155 Å². The molecular formula is C21H28N2O3. The van der Waals surface area contributed by atoms with Gasteiger partial charge in [0.15, 0.2) is 5.78 Å². The number of ether oxygens (including phenoxy) is 1. The summed E-state index contributed by atoms with van der Waals surface area (Å²) in [6.45, 7) is 4.88. The molecule has 5 nitrogen and oxygen atoms in total. The van der Waals surface area contributed by atoms with Crippen LogP contribution >= 0.6 is 0 Å². The Hall–Kier alpha value is -1.98. The van der Waals surface area contributed by atoms with Crippen molar-refractivity contribution >= 4 is 17.4 Å². The summed E-state index contributed by atoms with van der Waals surface area (Å²) >= 11 is 0. The lowest BCUT2D eigenvalue weighted by molar-refractivity contribution is -0.130. The van der Waals surface area contributed by atoms with E-state index < -0.39 is 0 Å². The molecule has 5 heteroatoms. The number of carbonyl (C=O) groups is 2. The highest BCUT2D eigenvalue weighted by atomic mass is 16.5. The number of fused-ring (bicyclic) bond motifs is 1.